The number of hydrogen-bond donors (Lipinski definition) is 2. The summed E-state index contributed by atoms with van der Waals surface area (Å²) in [6.45, 7) is 3.19. The van der Waals surface area contributed by atoms with Gasteiger partial charge in [-0.2, -0.15) is 0 Å². The SMILES string of the molecule is CCOC(=O)CC1CCNC(c2ccc(N)cn2)C1. The third-order valence-electron chi connectivity index (χ3n) is 3.44. The number of carbonyl (C=O) groups is 1. The fourth-order valence-corrected chi connectivity index (χ4v) is 2.49. The molecule has 5 heteroatoms. The number of nitrogens with one attached hydrogen (secondary N) is 1. The van der Waals surface area contributed by atoms with Crippen molar-refractivity contribution in [1.29, 1.82) is 0 Å². The molecule has 0 spiro atoms. The molecule has 1 fully saturated rings. The smallest absolute Gasteiger partial charge is 0.306 e. The summed E-state index contributed by atoms with van der Waals surface area (Å²) in [6, 6.07) is 4.01. The Labute approximate surface area is 113 Å². The molecule has 5 nitrogen and oxygen atoms in total. The Balaban J connectivity index is 1.93. The van der Waals surface area contributed by atoms with E-state index in [9.17, 15) is 4.79 Å². The molecule has 0 aromatic carbocycles. The van der Waals surface area contributed by atoms with Crippen molar-refractivity contribution in [3.63, 3.8) is 0 Å². The molecule has 2 unspecified atom stereocenters. The van der Waals surface area contributed by atoms with Crippen LogP contribution in [0.15, 0.2) is 18.3 Å². The van der Waals surface area contributed by atoms with Crippen molar-refractivity contribution in [3.05, 3.63) is 24.0 Å². The number of pyridine rings is 1. The molecular weight excluding hydrogens is 242 g/mol. The predicted octanol–water partition coefficient (Wildman–Crippen LogP) is 1.66. The van der Waals surface area contributed by atoms with Crippen LogP contribution in [-0.4, -0.2) is 24.1 Å². The summed E-state index contributed by atoms with van der Waals surface area (Å²) in [7, 11) is 0. The number of rotatable bonds is 4. The topological polar surface area (TPSA) is 77.2 Å². The number of piperidine rings is 1. The minimum absolute atomic E-state index is 0.0987. The molecule has 3 N–H and O–H groups in total. The third-order valence-corrected chi connectivity index (χ3v) is 3.44. The van der Waals surface area contributed by atoms with Gasteiger partial charge in [-0.3, -0.25) is 9.78 Å². The van der Waals surface area contributed by atoms with Gasteiger partial charge in [0, 0.05) is 12.5 Å². The second-order valence-corrected chi connectivity index (χ2v) is 4.92. The molecule has 0 saturated carbocycles. The average Bonchev–Trinajstić information content (AvgIpc) is 2.40. The first-order chi connectivity index (χ1) is 9.19. The zero-order valence-electron chi connectivity index (χ0n) is 11.3. The van der Waals surface area contributed by atoms with E-state index in [1.165, 1.54) is 0 Å². The van der Waals surface area contributed by atoms with Gasteiger partial charge in [-0.05, 0) is 44.4 Å². The highest BCUT2D eigenvalue weighted by Crippen LogP contribution is 2.28. The van der Waals surface area contributed by atoms with Crippen molar-refractivity contribution in [2.75, 3.05) is 18.9 Å². The Kier molecular flexibility index (Phi) is 4.74. The minimum Gasteiger partial charge on any atom is -0.466 e. The maximum absolute atomic E-state index is 11.5. The van der Waals surface area contributed by atoms with E-state index < -0.39 is 0 Å². The number of esters is 1. The molecule has 1 aromatic rings. The summed E-state index contributed by atoms with van der Waals surface area (Å²) in [5.41, 5.74) is 7.30. The van der Waals surface area contributed by atoms with E-state index in [2.05, 4.69) is 10.3 Å². The van der Waals surface area contributed by atoms with Crippen LogP contribution in [-0.2, 0) is 9.53 Å². The Morgan fingerprint density at radius 2 is 2.42 bits per heavy atom. The van der Waals surface area contributed by atoms with Crippen LogP contribution in [0.4, 0.5) is 5.69 Å². The molecule has 1 saturated heterocycles. The fourth-order valence-electron chi connectivity index (χ4n) is 2.49. The Morgan fingerprint density at radius 3 is 3.11 bits per heavy atom. The van der Waals surface area contributed by atoms with E-state index in [0.29, 0.717) is 24.6 Å². The molecule has 1 aliphatic heterocycles. The lowest BCUT2D eigenvalue weighted by Gasteiger charge is -2.29. The molecule has 2 rings (SSSR count). The standard InChI is InChI=1S/C14H21N3O2/c1-2-19-14(18)8-10-5-6-16-13(7-10)12-4-3-11(15)9-17-12/h3-4,9-10,13,16H,2,5-8,15H2,1H3. The molecule has 2 atom stereocenters. The van der Waals surface area contributed by atoms with Crippen molar-refractivity contribution in [1.82, 2.24) is 10.3 Å². The first-order valence-corrected chi connectivity index (χ1v) is 6.79. The molecule has 1 aliphatic rings. The molecule has 2 heterocycles. The second kappa shape index (κ2) is 6.52. The van der Waals surface area contributed by atoms with E-state index in [-0.39, 0.29) is 12.0 Å². The monoisotopic (exact) mass is 263 g/mol. The summed E-state index contributed by atoms with van der Waals surface area (Å²) < 4.78 is 5.01. The highest BCUT2D eigenvalue weighted by Gasteiger charge is 2.25. The van der Waals surface area contributed by atoms with Gasteiger partial charge >= 0.3 is 5.97 Å². The summed E-state index contributed by atoms with van der Waals surface area (Å²) in [5.74, 6) is 0.267. The van der Waals surface area contributed by atoms with Gasteiger partial charge in [-0.25, -0.2) is 0 Å². The number of aromatic nitrogens is 1. The maximum atomic E-state index is 11.5. The normalized spacial score (nSPS) is 23.0. The largest absolute Gasteiger partial charge is 0.466 e. The van der Waals surface area contributed by atoms with Gasteiger partial charge < -0.3 is 15.8 Å². The van der Waals surface area contributed by atoms with Crippen LogP contribution in [0.25, 0.3) is 0 Å². The van der Waals surface area contributed by atoms with Crippen LogP contribution in [0.3, 0.4) is 0 Å². The van der Waals surface area contributed by atoms with Crippen LogP contribution in [0.5, 0.6) is 0 Å². The summed E-state index contributed by atoms with van der Waals surface area (Å²) in [5, 5.41) is 3.43. The molecular formula is C14H21N3O2. The first kappa shape index (κ1) is 13.8. The minimum atomic E-state index is -0.0987. The lowest BCUT2D eigenvalue weighted by molar-refractivity contribution is -0.144. The van der Waals surface area contributed by atoms with E-state index >= 15 is 0 Å². The van der Waals surface area contributed by atoms with Crippen LogP contribution < -0.4 is 11.1 Å². The Morgan fingerprint density at radius 1 is 1.58 bits per heavy atom. The Hall–Kier alpha value is -1.62. The lowest BCUT2D eigenvalue weighted by atomic mass is 9.88. The second-order valence-electron chi connectivity index (χ2n) is 4.92. The van der Waals surface area contributed by atoms with E-state index in [4.69, 9.17) is 10.5 Å². The van der Waals surface area contributed by atoms with Gasteiger partial charge in [-0.15, -0.1) is 0 Å². The van der Waals surface area contributed by atoms with E-state index in [1.54, 1.807) is 6.20 Å². The van der Waals surface area contributed by atoms with Crippen LogP contribution in [0, 0.1) is 5.92 Å². The highest BCUT2D eigenvalue weighted by molar-refractivity contribution is 5.69. The van der Waals surface area contributed by atoms with E-state index in [1.807, 2.05) is 19.1 Å². The van der Waals surface area contributed by atoms with Crippen molar-refractivity contribution < 1.29 is 9.53 Å². The maximum Gasteiger partial charge on any atom is 0.306 e. The number of nitrogens with zero attached hydrogens (tertiary/aromatic N) is 1. The van der Waals surface area contributed by atoms with Crippen molar-refractivity contribution >= 4 is 11.7 Å². The molecule has 0 aliphatic carbocycles. The predicted molar refractivity (Wildman–Crippen MR) is 73.4 cm³/mol. The molecule has 1 aromatic heterocycles. The number of nitrogens with two attached hydrogens (primary N) is 1. The molecule has 0 bridgehead atoms. The number of nitrogen functional groups attached to an aromatic ring is 1. The summed E-state index contributed by atoms with van der Waals surface area (Å²) in [4.78, 5) is 15.9. The number of hydrogen-bond acceptors (Lipinski definition) is 5. The van der Waals surface area contributed by atoms with Crippen LogP contribution in [0.1, 0.15) is 37.9 Å². The first-order valence-electron chi connectivity index (χ1n) is 6.79. The number of ether oxygens (including phenoxy) is 1. The fraction of sp³-hybridized carbons (Fsp3) is 0.571. The van der Waals surface area contributed by atoms with Crippen molar-refractivity contribution in [2.24, 2.45) is 5.92 Å². The number of anilines is 1. The molecule has 19 heavy (non-hydrogen) atoms. The highest BCUT2D eigenvalue weighted by atomic mass is 16.5. The zero-order valence-corrected chi connectivity index (χ0v) is 11.3. The average molecular weight is 263 g/mol. The van der Waals surface area contributed by atoms with Gasteiger partial charge in [0.05, 0.1) is 24.2 Å². The third kappa shape index (κ3) is 3.92. The van der Waals surface area contributed by atoms with Gasteiger partial charge in [0.1, 0.15) is 0 Å². The summed E-state index contributed by atoms with van der Waals surface area (Å²) in [6.07, 6.45) is 4.09. The van der Waals surface area contributed by atoms with E-state index in [0.717, 1.165) is 25.1 Å². The molecule has 0 amide bonds. The zero-order chi connectivity index (χ0) is 13.7. The molecule has 0 radical (unpaired) electrons. The van der Waals surface area contributed by atoms with Gasteiger partial charge in [0.25, 0.3) is 0 Å². The van der Waals surface area contributed by atoms with Crippen molar-refractivity contribution in [2.45, 2.75) is 32.2 Å². The van der Waals surface area contributed by atoms with Crippen molar-refractivity contribution in [3.8, 4) is 0 Å². The Bertz CT molecular complexity index is 419. The van der Waals surface area contributed by atoms with Crippen LogP contribution in [0.2, 0.25) is 0 Å². The van der Waals surface area contributed by atoms with Gasteiger partial charge in [-0.1, -0.05) is 0 Å². The quantitative estimate of drug-likeness (QED) is 0.808. The summed E-state index contributed by atoms with van der Waals surface area (Å²) >= 11 is 0. The van der Waals surface area contributed by atoms with Gasteiger partial charge in [0.2, 0.25) is 0 Å². The number of carbonyl (C=O) groups excluding carboxylic acids is 1. The van der Waals surface area contributed by atoms with Crippen LogP contribution >= 0.6 is 0 Å². The van der Waals surface area contributed by atoms with Gasteiger partial charge in [0.15, 0.2) is 0 Å². The lowest BCUT2D eigenvalue weighted by Crippen LogP contribution is -2.33. The molecule has 104 valence electrons.